The Labute approximate surface area is 95.6 Å². The van der Waals surface area contributed by atoms with E-state index in [9.17, 15) is 0 Å². The van der Waals surface area contributed by atoms with Gasteiger partial charge in [0, 0.05) is 11.9 Å². The van der Waals surface area contributed by atoms with Crippen molar-refractivity contribution in [2.45, 2.75) is 20.4 Å². The van der Waals surface area contributed by atoms with E-state index in [1.807, 2.05) is 6.07 Å². The Balaban J connectivity index is 2.05. The summed E-state index contributed by atoms with van der Waals surface area (Å²) in [6, 6.07) is 8.34. The molecule has 0 spiro atoms. The van der Waals surface area contributed by atoms with Gasteiger partial charge in [-0.05, 0) is 43.2 Å². The molecule has 1 aromatic carbocycles. The summed E-state index contributed by atoms with van der Waals surface area (Å²) in [6.45, 7) is 4.93. The van der Waals surface area contributed by atoms with Crippen LogP contribution < -0.4 is 5.32 Å². The SMILES string of the molecule is Cc1cc(C)cc(NCc2ccncn2)c1. The van der Waals surface area contributed by atoms with Crippen molar-refractivity contribution >= 4 is 5.69 Å². The van der Waals surface area contributed by atoms with Gasteiger partial charge in [-0.2, -0.15) is 0 Å². The first kappa shape index (κ1) is 10.6. The van der Waals surface area contributed by atoms with Gasteiger partial charge in [0.2, 0.25) is 0 Å². The predicted octanol–water partition coefficient (Wildman–Crippen LogP) is 2.71. The van der Waals surface area contributed by atoms with Crippen LogP contribution in [0.5, 0.6) is 0 Å². The maximum Gasteiger partial charge on any atom is 0.115 e. The molecule has 0 unspecified atom stereocenters. The molecule has 0 atom stereocenters. The Morgan fingerprint density at radius 3 is 2.50 bits per heavy atom. The lowest BCUT2D eigenvalue weighted by molar-refractivity contribution is 1.01. The zero-order valence-electron chi connectivity index (χ0n) is 9.57. The molecule has 0 bridgehead atoms. The molecule has 0 saturated heterocycles. The molecular weight excluding hydrogens is 198 g/mol. The summed E-state index contributed by atoms with van der Waals surface area (Å²) >= 11 is 0. The van der Waals surface area contributed by atoms with E-state index in [0.717, 1.165) is 17.9 Å². The smallest absolute Gasteiger partial charge is 0.115 e. The van der Waals surface area contributed by atoms with Gasteiger partial charge in [-0.15, -0.1) is 0 Å². The third kappa shape index (κ3) is 2.79. The number of nitrogens with zero attached hydrogens (tertiary/aromatic N) is 2. The first-order chi connectivity index (χ1) is 7.74. The lowest BCUT2D eigenvalue weighted by atomic mass is 10.1. The molecule has 1 N–H and O–H groups in total. The van der Waals surface area contributed by atoms with Crippen molar-refractivity contribution in [2.24, 2.45) is 0 Å². The molecule has 2 aromatic rings. The van der Waals surface area contributed by atoms with E-state index in [1.165, 1.54) is 11.1 Å². The minimum Gasteiger partial charge on any atom is -0.379 e. The van der Waals surface area contributed by atoms with E-state index in [2.05, 4.69) is 47.3 Å². The number of anilines is 1. The summed E-state index contributed by atoms with van der Waals surface area (Å²) in [5, 5.41) is 3.35. The number of hydrogen-bond donors (Lipinski definition) is 1. The van der Waals surface area contributed by atoms with Crippen LogP contribution in [-0.4, -0.2) is 9.97 Å². The number of aromatic nitrogens is 2. The second-order valence-electron chi connectivity index (χ2n) is 3.93. The van der Waals surface area contributed by atoms with E-state index in [1.54, 1.807) is 12.5 Å². The third-order valence-corrected chi connectivity index (χ3v) is 2.34. The van der Waals surface area contributed by atoms with Gasteiger partial charge in [-0.3, -0.25) is 0 Å². The van der Waals surface area contributed by atoms with E-state index in [0.29, 0.717) is 0 Å². The summed E-state index contributed by atoms with van der Waals surface area (Å²) in [4.78, 5) is 8.05. The predicted molar refractivity (Wildman–Crippen MR) is 65.3 cm³/mol. The Hall–Kier alpha value is -1.90. The van der Waals surface area contributed by atoms with Crippen LogP contribution in [0.3, 0.4) is 0 Å². The van der Waals surface area contributed by atoms with E-state index >= 15 is 0 Å². The first-order valence-corrected chi connectivity index (χ1v) is 5.31. The van der Waals surface area contributed by atoms with Gasteiger partial charge in [0.15, 0.2) is 0 Å². The zero-order valence-corrected chi connectivity index (χ0v) is 9.57. The topological polar surface area (TPSA) is 37.8 Å². The van der Waals surface area contributed by atoms with Gasteiger partial charge in [0.05, 0.1) is 12.2 Å². The lowest BCUT2D eigenvalue weighted by Gasteiger charge is -2.07. The molecule has 0 fully saturated rings. The highest BCUT2D eigenvalue weighted by molar-refractivity contribution is 5.48. The molecule has 3 heteroatoms. The Kier molecular flexibility index (Phi) is 3.15. The molecule has 1 aromatic heterocycles. The molecule has 0 aliphatic heterocycles. The number of rotatable bonds is 3. The zero-order chi connectivity index (χ0) is 11.4. The molecule has 16 heavy (non-hydrogen) atoms. The molecule has 0 radical (unpaired) electrons. The van der Waals surface area contributed by atoms with Crippen LogP contribution in [0.15, 0.2) is 36.8 Å². The summed E-state index contributed by atoms with van der Waals surface area (Å²) < 4.78 is 0. The summed E-state index contributed by atoms with van der Waals surface area (Å²) in [5.41, 5.74) is 4.67. The summed E-state index contributed by atoms with van der Waals surface area (Å²) in [5.74, 6) is 0. The highest BCUT2D eigenvalue weighted by Gasteiger charge is 1.96. The third-order valence-electron chi connectivity index (χ3n) is 2.34. The molecular formula is C13H15N3. The molecule has 0 aliphatic carbocycles. The van der Waals surface area contributed by atoms with Crippen LogP contribution >= 0.6 is 0 Å². The van der Waals surface area contributed by atoms with Crippen LogP contribution in [0.2, 0.25) is 0 Å². The van der Waals surface area contributed by atoms with Crippen molar-refractivity contribution in [1.82, 2.24) is 9.97 Å². The number of nitrogens with one attached hydrogen (secondary N) is 1. The second kappa shape index (κ2) is 4.75. The van der Waals surface area contributed by atoms with E-state index in [4.69, 9.17) is 0 Å². The number of hydrogen-bond acceptors (Lipinski definition) is 3. The fraction of sp³-hybridized carbons (Fsp3) is 0.231. The van der Waals surface area contributed by atoms with Gasteiger partial charge in [-0.25, -0.2) is 9.97 Å². The van der Waals surface area contributed by atoms with Gasteiger partial charge in [0.25, 0.3) is 0 Å². The Bertz CT molecular complexity index is 446. The van der Waals surface area contributed by atoms with Crippen LogP contribution in [0.4, 0.5) is 5.69 Å². The van der Waals surface area contributed by atoms with Crippen molar-refractivity contribution in [3.63, 3.8) is 0 Å². The molecule has 0 saturated carbocycles. The average Bonchev–Trinajstić information content (AvgIpc) is 2.27. The molecule has 0 amide bonds. The molecule has 3 nitrogen and oxygen atoms in total. The van der Waals surface area contributed by atoms with Crippen molar-refractivity contribution in [1.29, 1.82) is 0 Å². The quantitative estimate of drug-likeness (QED) is 0.851. The first-order valence-electron chi connectivity index (χ1n) is 5.31. The maximum absolute atomic E-state index is 4.17. The standard InChI is InChI=1S/C13H15N3/c1-10-5-11(2)7-13(6-10)15-8-12-3-4-14-9-16-12/h3-7,9,15H,8H2,1-2H3. The van der Waals surface area contributed by atoms with Crippen LogP contribution in [0.25, 0.3) is 0 Å². The molecule has 1 heterocycles. The van der Waals surface area contributed by atoms with Crippen molar-refractivity contribution in [3.05, 3.63) is 53.6 Å². The van der Waals surface area contributed by atoms with Crippen LogP contribution in [0, 0.1) is 13.8 Å². The molecule has 0 aliphatic rings. The second-order valence-corrected chi connectivity index (χ2v) is 3.93. The fourth-order valence-corrected chi connectivity index (χ4v) is 1.69. The van der Waals surface area contributed by atoms with Gasteiger partial charge < -0.3 is 5.32 Å². The Morgan fingerprint density at radius 2 is 1.88 bits per heavy atom. The van der Waals surface area contributed by atoms with E-state index < -0.39 is 0 Å². The van der Waals surface area contributed by atoms with Gasteiger partial charge in [0.1, 0.15) is 6.33 Å². The summed E-state index contributed by atoms with van der Waals surface area (Å²) in [6.07, 6.45) is 3.32. The maximum atomic E-state index is 4.17. The van der Waals surface area contributed by atoms with Crippen molar-refractivity contribution < 1.29 is 0 Å². The number of benzene rings is 1. The molecule has 2 rings (SSSR count). The van der Waals surface area contributed by atoms with Crippen LogP contribution in [0.1, 0.15) is 16.8 Å². The number of aryl methyl sites for hydroxylation is 2. The highest BCUT2D eigenvalue weighted by Crippen LogP contribution is 2.14. The normalized spacial score (nSPS) is 10.1. The van der Waals surface area contributed by atoms with Crippen molar-refractivity contribution in [2.75, 3.05) is 5.32 Å². The monoisotopic (exact) mass is 213 g/mol. The van der Waals surface area contributed by atoms with Gasteiger partial charge in [-0.1, -0.05) is 6.07 Å². The molecule has 82 valence electrons. The van der Waals surface area contributed by atoms with Crippen molar-refractivity contribution in [3.8, 4) is 0 Å². The minimum absolute atomic E-state index is 0.728. The van der Waals surface area contributed by atoms with E-state index in [-0.39, 0.29) is 0 Å². The Morgan fingerprint density at radius 1 is 1.12 bits per heavy atom. The fourth-order valence-electron chi connectivity index (χ4n) is 1.69. The summed E-state index contributed by atoms with van der Waals surface area (Å²) in [7, 11) is 0. The minimum atomic E-state index is 0.728. The average molecular weight is 213 g/mol. The van der Waals surface area contributed by atoms with Crippen LogP contribution in [-0.2, 0) is 6.54 Å². The van der Waals surface area contributed by atoms with Gasteiger partial charge >= 0.3 is 0 Å². The largest absolute Gasteiger partial charge is 0.379 e. The lowest BCUT2D eigenvalue weighted by Crippen LogP contribution is -2.01. The highest BCUT2D eigenvalue weighted by atomic mass is 14.9.